The topological polar surface area (TPSA) is 89.3 Å². The lowest BCUT2D eigenvalue weighted by Gasteiger charge is -2.07. The Bertz CT molecular complexity index is 874. The van der Waals surface area contributed by atoms with Gasteiger partial charge in [0.2, 0.25) is 15.9 Å². The number of carbonyl (C=O) groups excluding carboxylic acids is 1. The average Bonchev–Trinajstić information content (AvgIpc) is 3.02. The second kappa shape index (κ2) is 7.37. The molecule has 0 fully saturated rings. The molecule has 0 atom stereocenters. The Hall–Kier alpha value is -2.18. The van der Waals surface area contributed by atoms with Crippen molar-refractivity contribution in [2.24, 2.45) is 5.14 Å². The van der Waals surface area contributed by atoms with Crippen LogP contribution in [0.15, 0.2) is 47.4 Å². The monoisotopic (exact) mass is 358 g/mol. The Labute approximate surface area is 148 Å². The zero-order valence-electron chi connectivity index (χ0n) is 14.0. The fourth-order valence-electron chi connectivity index (χ4n) is 3.18. The van der Waals surface area contributed by atoms with Crippen molar-refractivity contribution in [3.63, 3.8) is 0 Å². The van der Waals surface area contributed by atoms with E-state index < -0.39 is 10.0 Å². The third-order valence-corrected chi connectivity index (χ3v) is 5.44. The summed E-state index contributed by atoms with van der Waals surface area (Å²) in [4.78, 5) is 12.2. The van der Waals surface area contributed by atoms with Crippen molar-refractivity contribution in [3.05, 3.63) is 64.7 Å². The second-order valence-electron chi connectivity index (χ2n) is 6.42. The van der Waals surface area contributed by atoms with Gasteiger partial charge in [0.1, 0.15) is 0 Å². The highest BCUT2D eigenvalue weighted by atomic mass is 32.2. The van der Waals surface area contributed by atoms with Gasteiger partial charge in [-0.2, -0.15) is 0 Å². The number of benzene rings is 2. The maximum atomic E-state index is 12.1. The van der Waals surface area contributed by atoms with E-state index in [0.29, 0.717) is 19.4 Å². The molecule has 25 heavy (non-hydrogen) atoms. The number of fused-ring (bicyclic) bond motifs is 1. The predicted molar refractivity (Wildman–Crippen MR) is 96.7 cm³/mol. The molecule has 2 aromatic rings. The van der Waals surface area contributed by atoms with E-state index >= 15 is 0 Å². The van der Waals surface area contributed by atoms with Crippen LogP contribution < -0.4 is 10.5 Å². The standard InChI is InChI=1S/C19H22N2O3S/c20-25(23,24)18-8-5-14(6-9-18)10-11-21-19(22)13-15-4-7-16-2-1-3-17(16)12-15/h4-9,12H,1-3,10-11,13H2,(H,21,22)(H2,20,23,24). The molecular weight excluding hydrogens is 336 g/mol. The number of sulfonamides is 1. The number of nitrogens with two attached hydrogens (primary N) is 1. The molecule has 132 valence electrons. The SMILES string of the molecule is NS(=O)(=O)c1ccc(CCNC(=O)Cc2ccc3c(c2)CCC3)cc1. The zero-order chi connectivity index (χ0) is 17.9. The van der Waals surface area contributed by atoms with Gasteiger partial charge in [0.25, 0.3) is 0 Å². The van der Waals surface area contributed by atoms with Gasteiger partial charge in [-0.15, -0.1) is 0 Å². The summed E-state index contributed by atoms with van der Waals surface area (Å²) in [5, 5.41) is 7.98. The van der Waals surface area contributed by atoms with Crippen LogP contribution in [-0.4, -0.2) is 20.9 Å². The number of nitrogens with one attached hydrogen (secondary N) is 1. The minimum atomic E-state index is -3.66. The van der Waals surface area contributed by atoms with Gasteiger partial charge in [-0.05, 0) is 60.1 Å². The fraction of sp³-hybridized carbons (Fsp3) is 0.316. The molecule has 0 saturated carbocycles. The molecular formula is C19H22N2O3S. The predicted octanol–water partition coefficient (Wildman–Crippen LogP) is 1.72. The molecule has 1 aliphatic carbocycles. The van der Waals surface area contributed by atoms with Crippen molar-refractivity contribution < 1.29 is 13.2 Å². The van der Waals surface area contributed by atoms with Gasteiger partial charge in [0.05, 0.1) is 11.3 Å². The van der Waals surface area contributed by atoms with Crippen molar-refractivity contribution in [1.82, 2.24) is 5.32 Å². The highest BCUT2D eigenvalue weighted by Gasteiger charge is 2.12. The number of aryl methyl sites for hydroxylation is 2. The van der Waals surface area contributed by atoms with Crippen LogP contribution in [0, 0.1) is 0 Å². The number of rotatable bonds is 6. The lowest BCUT2D eigenvalue weighted by atomic mass is 10.0. The minimum Gasteiger partial charge on any atom is -0.355 e. The van der Waals surface area contributed by atoms with Gasteiger partial charge >= 0.3 is 0 Å². The van der Waals surface area contributed by atoms with E-state index in [9.17, 15) is 13.2 Å². The third-order valence-electron chi connectivity index (χ3n) is 4.52. The second-order valence-corrected chi connectivity index (χ2v) is 7.98. The Morgan fingerprint density at radius 1 is 1.00 bits per heavy atom. The molecule has 5 nitrogen and oxygen atoms in total. The minimum absolute atomic E-state index is 0.000830. The molecule has 0 aliphatic heterocycles. The van der Waals surface area contributed by atoms with E-state index in [4.69, 9.17) is 5.14 Å². The van der Waals surface area contributed by atoms with Crippen molar-refractivity contribution in [2.45, 2.75) is 37.0 Å². The first-order valence-corrected chi connectivity index (χ1v) is 9.95. The number of amides is 1. The van der Waals surface area contributed by atoms with Crippen molar-refractivity contribution in [3.8, 4) is 0 Å². The molecule has 3 N–H and O–H groups in total. The third kappa shape index (κ3) is 4.67. The van der Waals surface area contributed by atoms with Gasteiger partial charge in [-0.3, -0.25) is 4.79 Å². The van der Waals surface area contributed by atoms with Crippen LogP contribution in [0.2, 0.25) is 0 Å². The average molecular weight is 358 g/mol. The van der Waals surface area contributed by atoms with E-state index in [1.165, 1.54) is 29.7 Å². The van der Waals surface area contributed by atoms with Crippen molar-refractivity contribution in [1.29, 1.82) is 0 Å². The number of hydrogen-bond donors (Lipinski definition) is 2. The summed E-state index contributed by atoms with van der Waals surface area (Å²) in [6, 6.07) is 12.7. The molecule has 0 unspecified atom stereocenters. The van der Waals surface area contributed by atoms with Gasteiger partial charge < -0.3 is 5.32 Å². The lowest BCUT2D eigenvalue weighted by molar-refractivity contribution is -0.120. The van der Waals surface area contributed by atoms with Crippen LogP contribution in [0.3, 0.4) is 0 Å². The smallest absolute Gasteiger partial charge is 0.238 e. The number of carbonyl (C=O) groups is 1. The van der Waals surface area contributed by atoms with Crippen molar-refractivity contribution >= 4 is 15.9 Å². The molecule has 1 amide bonds. The van der Waals surface area contributed by atoms with Crippen LogP contribution >= 0.6 is 0 Å². The maximum Gasteiger partial charge on any atom is 0.238 e. The number of hydrogen-bond acceptors (Lipinski definition) is 3. The molecule has 0 aromatic heterocycles. The molecule has 0 bridgehead atoms. The highest BCUT2D eigenvalue weighted by Crippen LogP contribution is 2.22. The Morgan fingerprint density at radius 3 is 2.40 bits per heavy atom. The van der Waals surface area contributed by atoms with E-state index in [1.54, 1.807) is 12.1 Å². The van der Waals surface area contributed by atoms with Crippen LogP contribution in [0.5, 0.6) is 0 Å². The fourth-order valence-corrected chi connectivity index (χ4v) is 3.69. The normalized spacial score (nSPS) is 13.5. The van der Waals surface area contributed by atoms with E-state index in [0.717, 1.165) is 24.0 Å². The van der Waals surface area contributed by atoms with Crippen molar-refractivity contribution in [2.75, 3.05) is 6.54 Å². The van der Waals surface area contributed by atoms with Gasteiger partial charge in [-0.25, -0.2) is 13.6 Å². The molecule has 1 aliphatic rings. The molecule has 0 heterocycles. The van der Waals surface area contributed by atoms with Gasteiger partial charge in [-0.1, -0.05) is 30.3 Å². The quantitative estimate of drug-likeness (QED) is 0.824. The summed E-state index contributed by atoms with van der Waals surface area (Å²) in [5.41, 5.74) is 4.79. The highest BCUT2D eigenvalue weighted by molar-refractivity contribution is 7.89. The van der Waals surface area contributed by atoms with Crippen LogP contribution in [0.25, 0.3) is 0 Å². The Balaban J connectivity index is 1.48. The van der Waals surface area contributed by atoms with Gasteiger partial charge in [0, 0.05) is 6.54 Å². The summed E-state index contributed by atoms with van der Waals surface area (Å²) in [5.74, 6) is -0.000830. The first-order chi connectivity index (χ1) is 11.9. The molecule has 3 rings (SSSR count). The molecule has 0 spiro atoms. The first-order valence-electron chi connectivity index (χ1n) is 8.41. The molecule has 0 radical (unpaired) electrons. The van der Waals surface area contributed by atoms with Crippen LogP contribution in [-0.2, 0) is 40.5 Å². The molecule has 0 saturated heterocycles. The summed E-state index contributed by atoms with van der Waals surface area (Å²) in [6.45, 7) is 0.512. The van der Waals surface area contributed by atoms with E-state index in [2.05, 4.69) is 17.4 Å². The first kappa shape index (κ1) is 17.6. The summed E-state index contributed by atoms with van der Waals surface area (Å²) < 4.78 is 22.4. The Morgan fingerprint density at radius 2 is 1.68 bits per heavy atom. The Kier molecular flexibility index (Phi) is 5.20. The van der Waals surface area contributed by atoms with Gasteiger partial charge in [0.15, 0.2) is 0 Å². The number of primary sulfonamides is 1. The van der Waals surface area contributed by atoms with E-state index in [-0.39, 0.29) is 10.8 Å². The summed E-state index contributed by atoms with van der Waals surface area (Å²) >= 11 is 0. The summed E-state index contributed by atoms with van der Waals surface area (Å²) in [6.07, 6.45) is 4.49. The lowest BCUT2D eigenvalue weighted by Crippen LogP contribution is -2.27. The summed E-state index contributed by atoms with van der Waals surface area (Å²) in [7, 11) is -3.66. The van der Waals surface area contributed by atoms with E-state index in [1.807, 2.05) is 6.07 Å². The zero-order valence-corrected chi connectivity index (χ0v) is 14.8. The van der Waals surface area contributed by atoms with Crippen LogP contribution in [0.4, 0.5) is 0 Å². The molecule has 2 aromatic carbocycles. The maximum absolute atomic E-state index is 12.1. The molecule has 6 heteroatoms. The van der Waals surface area contributed by atoms with Crippen LogP contribution in [0.1, 0.15) is 28.7 Å². The largest absolute Gasteiger partial charge is 0.355 e.